The van der Waals surface area contributed by atoms with Gasteiger partial charge in [-0.1, -0.05) is 27.2 Å². The van der Waals surface area contributed by atoms with E-state index in [2.05, 4.69) is 37.1 Å². The molecule has 0 bridgehead atoms. The summed E-state index contributed by atoms with van der Waals surface area (Å²) in [5.41, 5.74) is 0. The van der Waals surface area contributed by atoms with E-state index in [0.717, 1.165) is 25.6 Å². The summed E-state index contributed by atoms with van der Waals surface area (Å²) in [6.45, 7) is 10.5. The molecule has 92 valence electrons. The molecule has 0 aromatic rings. The Balaban J connectivity index is 2.41. The highest BCUT2D eigenvalue weighted by Crippen LogP contribution is 2.19. The molecule has 1 fully saturated rings. The average molecular weight is 223 g/mol. The van der Waals surface area contributed by atoms with Crippen molar-refractivity contribution in [3.8, 4) is 6.07 Å². The fourth-order valence-corrected chi connectivity index (χ4v) is 2.38. The fourth-order valence-electron chi connectivity index (χ4n) is 2.38. The SMILES string of the molecule is CCC1CC(NCC(C)C)CN(CC#N)C1. The van der Waals surface area contributed by atoms with Gasteiger partial charge in [0.25, 0.3) is 0 Å². The number of piperidine rings is 1. The molecular formula is C13H25N3. The number of rotatable bonds is 5. The highest BCUT2D eigenvalue weighted by atomic mass is 15.2. The zero-order valence-corrected chi connectivity index (χ0v) is 10.9. The minimum atomic E-state index is 0.578. The maximum atomic E-state index is 8.77. The third kappa shape index (κ3) is 4.51. The van der Waals surface area contributed by atoms with Crippen LogP contribution >= 0.6 is 0 Å². The molecule has 2 unspecified atom stereocenters. The molecule has 0 saturated carbocycles. The molecule has 0 aliphatic carbocycles. The van der Waals surface area contributed by atoms with Gasteiger partial charge in [-0.05, 0) is 24.8 Å². The molecule has 2 atom stereocenters. The zero-order valence-electron chi connectivity index (χ0n) is 10.9. The van der Waals surface area contributed by atoms with Gasteiger partial charge in [-0.25, -0.2) is 0 Å². The van der Waals surface area contributed by atoms with E-state index in [9.17, 15) is 0 Å². The molecule has 16 heavy (non-hydrogen) atoms. The van der Waals surface area contributed by atoms with Crippen LogP contribution in [0.3, 0.4) is 0 Å². The van der Waals surface area contributed by atoms with Crippen molar-refractivity contribution >= 4 is 0 Å². The number of hydrogen-bond donors (Lipinski definition) is 1. The summed E-state index contributed by atoms with van der Waals surface area (Å²) in [5, 5.41) is 12.4. The highest BCUT2D eigenvalue weighted by Gasteiger charge is 2.25. The van der Waals surface area contributed by atoms with Gasteiger partial charge in [0.1, 0.15) is 0 Å². The van der Waals surface area contributed by atoms with E-state index < -0.39 is 0 Å². The molecule has 1 rings (SSSR count). The van der Waals surface area contributed by atoms with Crippen molar-refractivity contribution in [3.63, 3.8) is 0 Å². The quantitative estimate of drug-likeness (QED) is 0.723. The lowest BCUT2D eigenvalue weighted by Gasteiger charge is -2.37. The fraction of sp³-hybridized carbons (Fsp3) is 0.923. The van der Waals surface area contributed by atoms with Crippen LogP contribution in [0, 0.1) is 23.2 Å². The van der Waals surface area contributed by atoms with E-state index in [1.807, 2.05) is 0 Å². The largest absolute Gasteiger partial charge is 0.312 e. The van der Waals surface area contributed by atoms with Crippen LogP contribution in [0.2, 0.25) is 0 Å². The summed E-state index contributed by atoms with van der Waals surface area (Å²) in [4.78, 5) is 2.29. The Morgan fingerprint density at radius 2 is 2.19 bits per heavy atom. The second kappa shape index (κ2) is 6.88. The molecule has 1 saturated heterocycles. The van der Waals surface area contributed by atoms with Crippen LogP contribution in [0.15, 0.2) is 0 Å². The van der Waals surface area contributed by atoms with Gasteiger partial charge in [0.05, 0.1) is 12.6 Å². The first-order chi connectivity index (χ1) is 7.65. The normalized spacial score (nSPS) is 26.9. The van der Waals surface area contributed by atoms with Crippen molar-refractivity contribution in [2.75, 3.05) is 26.2 Å². The second-order valence-electron chi connectivity index (χ2n) is 5.36. The lowest BCUT2D eigenvalue weighted by Crippen LogP contribution is -2.49. The van der Waals surface area contributed by atoms with Crippen LogP contribution in [0.4, 0.5) is 0 Å². The van der Waals surface area contributed by atoms with Gasteiger partial charge in [-0.15, -0.1) is 0 Å². The summed E-state index contributed by atoms with van der Waals surface area (Å²) in [7, 11) is 0. The van der Waals surface area contributed by atoms with Crippen LogP contribution in [0.5, 0.6) is 0 Å². The van der Waals surface area contributed by atoms with Gasteiger partial charge in [-0.2, -0.15) is 5.26 Å². The molecule has 1 heterocycles. The monoisotopic (exact) mass is 223 g/mol. The molecule has 0 aromatic carbocycles. The Labute approximate surface area is 99.8 Å². The van der Waals surface area contributed by atoms with Crippen LogP contribution in [0.25, 0.3) is 0 Å². The maximum absolute atomic E-state index is 8.77. The molecule has 3 nitrogen and oxygen atoms in total. The first kappa shape index (κ1) is 13.5. The first-order valence-electron chi connectivity index (χ1n) is 6.48. The van der Waals surface area contributed by atoms with Crippen LogP contribution < -0.4 is 5.32 Å². The number of likely N-dealkylation sites (tertiary alicyclic amines) is 1. The number of hydrogen-bond acceptors (Lipinski definition) is 3. The summed E-state index contributed by atoms with van der Waals surface area (Å²) in [6.07, 6.45) is 2.49. The summed E-state index contributed by atoms with van der Waals surface area (Å²) in [5.74, 6) is 1.46. The van der Waals surface area contributed by atoms with E-state index in [1.54, 1.807) is 0 Å². The van der Waals surface area contributed by atoms with Gasteiger partial charge in [0.2, 0.25) is 0 Å². The van der Waals surface area contributed by atoms with Gasteiger partial charge in [0, 0.05) is 19.1 Å². The van der Waals surface area contributed by atoms with Crippen LogP contribution in [-0.4, -0.2) is 37.1 Å². The predicted octanol–water partition coefficient (Wildman–Crippen LogP) is 1.86. The van der Waals surface area contributed by atoms with Crippen LogP contribution in [-0.2, 0) is 0 Å². The minimum Gasteiger partial charge on any atom is -0.312 e. The Kier molecular flexibility index (Phi) is 5.79. The van der Waals surface area contributed by atoms with Gasteiger partial charge >= 0.3 is 0 Å². The molecule has 0 radical (unpaired) electrons. The topological polar surface area (TPSA) is 39.1 Å². The number of nitrogens with one attached hydrogen (secondary N) is 1. The van der Waals surface area contributed by atoms with Crippen molar-refractivity contribution in [1.82, 2.24) is 10.2 Å². The molecule has 0 aromatic heterocycles. The van der Waals surface area contributed by atoms with Crippen molar-refractivity contribution in [3.05, 3.63) is 0 Å². The standard InChI is InChI=1S/C13H25N3/c1-4-12-7-13(15-8-11(2)3)10-16(9-12)6-5-14/h11-13,15H,4,6-10H2,1-3H3. The van der Waals surface area contributed by atoms with Gasteiger partial charge in [-0.3, -0.25) is 4.90 Å². The number of nitriles is 1. The third-order valence-electron chi connectivity index (χ3n) is 3.30. The highest BCUT2D eigenvalue weighted by molar-refractivity contribution is 4.87. The average Bonchev–Trinajstić information content (AvgIpc) is 2.26. The molecular weight excluding hydrogens is 198 g/mol. The third-order valence-corrected chi connectivity index (χ3v) is 3.30. The predicted molar refractivity (Wildman–Crippen MR) is 67.1 cm³/mol. The molecule has 1 N–H and O–H groups in total. The van der Waals surface area contributed by atoms with E-state index >= 15 is 0 Å². The Bertz CT molecular complexity index is 232. The molecule has 0 spiro atoms. The lowest BCUT2D eigenvalue weighted by molar-refractivity contribution is 0.151. The van der Waals surface area contributed by atoms with Crippen molar-refractivity contribution < 1.29 is 0 Å². The van der Waals surface area contributed by atoms with Crippen molar-refractivity contribution in [2.24, 2.45) is 11.8 Å². The van der Waals surface area contributed by atoms with E-state index in [1.165, 1.54) is 12.8 Å². The minimum absolute atomic E-state index is 0.578. The van der Waals surface area contributed by atoms with Gasteiger partial charge in [0.15, 0.2) is 0 Å². The van der Waals surface area contributed by atoms with E-state index in [0.29, 0.717) is 18.5 Å². The molecule has 1 aliphatic heterocycles. The van der Waals surface area contributed by atoms with Crippen molar-refractivity contribution in [1.29, 1.82) is 5.26 Å². The van der Waals surface area contributed by atoms with E-state index in [-0.39, 0.29) is 0 Å². The molecule has 0 amide bonds. The van der Waals surface area contributed by atoms with E-state index in [4.69, 9.17) is 5.26 Å². The van der Waals surface area contributed by atoms with Crippen LogP contribution in [0.1, 0.15) is 33.6 Å². The zero-order chi connectivity index (χ0) is 12.0. The van der Waals surface area contributed by atoms with Gasteiger partial charge < -0.3 is 5.32 Å². The summed E-state index contributed by atoms with van der Waals surface area (Å²) < 4.78 is 0. The Hall–Kier alpha value is -0.590. The summed E-state index contributed by atoms with van der Waals surface area (Å²) >= 11 is 0. The maximum Gasteiger partial charge on any atom is 0.0866 e. The molecule has 3 heteroatoms. The molecule has 1 aliphatic rings. The first-order valence-corrected chi connectivity index (χ1v) is 6.48. The Morgan fingerprint density at radius 3 is 2.75 bits per heavy atom. The summed E-state index contributed by atoms with van der Waals surface area (Å²) in [6, 6.07) is 2.84. The smallest absolute Gasteiger partial charge is 0.0866 e. The Morgan fingerprint density at radius 1 is 1.44 bits per heavy atom. The number of nitrogens with zero attached hydrogens (tertiary/aromatic N) is 2. The van der Waals surface area contributed by atoms with Crippen molar-refractivity contribution in [2.45, 2.75) is 39.7 Å². The lowest BCUT2D eigenvalue weighted by atomic mass is 9.92. The second-order valence-corrected chi connectivity index (χ2v) is 5.36.